The summed E-state index contributed by atoms with van der Waals surface area (Å²) in [5.74, 6) is -2.93. The maximum absolute atomic E-state index is 13.1. The zero-order valence-corrected chi connectivity index (χ0v) is 32.6. The summed E-state index contributed by atoms with van der Waals surface area (Å²) in [6.07, 6.45) is 5.22. The molecule has 5 fully saturated rings. The van der Waals surface area contributed by atoms with Crippen LogP contribution in [-0.2, 0) is 57.1 Å². The largest absolute Gasteiger partial charge is 0.462 e. The van der Waals surface area contributed by atoms with E-state index in [1.165, 1.54) is 0 Å². The topological polar surface area (TPSA) is 142 Å². The second-order valence-corrected chi connectivity index (χ2v) is 16.6. The van der Waals surface area contributed by atoms with Gasteiger partial charge in [-0.2, -0.15) is 0 Å². The van der Waals surface area contributed by atoms with E-state index in [1.807, 2.05) is 55.4 Å². The summed E-state index contributed by atoms with van der Waals surface area (Å²) in [5.41, 5.74) is 0. The summed E-state index contributed by atoms with van der Waals surface area (Å²) in [6.45, 7) is 14.9. The van der Waals surface area contributed by atoms with E-state index in [2.05, 4.69) is 0 Å². The Bertz CT molecular complexity index is 1040. The first-order chi connectivity index (χ1) is 24.7. The lowest BCUT2D eigenvalue weighted by Gasteiger charge is -2.26. The van der Waals surface area contributed by atoms with Crippen molar-refractivity contribution >= 4 is 23.9 Å². The van der Waals surface area contributed by atoms with Crippen molar-refractivity contribution in [2.45, 2.75) is 206 Å². The van der Waals surface area contributed by atoms with Gasteiger partial charge in [-0.3, -0.25) is 19.2 Å². The summed E-state index contributed by atoms with van der Waals surface area (Å²) in [7, 11) is 0. The number of hydrogen-bond donors (Lipinski definition) is 0. The number of cyclic esters (lactones) is 4. The molecule has 0 aromatic heterocycles. The van der Waals surface area contributed by atoms with Gasteiger partial charge in [-0.15, -0.1) is 0 Å². The summed E-state index contributed by atoms with van der Waals surface area (Å²) in [6, 6.07) is 0. The smallest absolute Gasteiger partial charge is 0.311 e. The standard InChI is InChI=1S/C40H64O12/c1-21-17-29-9-13-34(49-29)26(6)38(42)46-23(3)19-31-11-15-36(51-31)28(8)40(44)48-24(4)20-32-12-16-35(52-32)27(7)39(43)47-22(2)18-30-10-14-33(50-30)25(5)37(41)45-21/h21-36H,9-20H2,1-8H3/t21-,22-,23-,24+,25-,26+,27+,28-,29-,30-,31+,32-,33-,34+,35-,36+/m0/s1. The molecule has 5 saturated heterocycles. The Labute approximate surface area is 309 Å². The van der Waals surface area contributed by atoms with Gasteiger partial charge in [-0.25, -0.2) is 0 Å². The number of carbonyl (C=O) groups is 4. The number of esters is 4. The number of hydrogen-bond acceptors (Lipinski definition) is 12. The average molecular weight is 737 g/mol. The molecule has 0 radical (unpaired) electrons. The van der Waals surface area contributed by atoms with Gasteiger partial charge in [0, 0.05) is 25.7 Å². The van der Waals surface area contributed by atoms with Crippen LogP contribution in [0.3, 0.4) is 0 Å². The molecule has 0 unspecified atom stereocenters. The molecule has 5 aliphatic rings. The summed E-state index contributed by atoms with van der Waals surface area (Å²) in [5, 5.41) is 0. The molecule has 16 atom stereocenters. The Morgan fingerprint density at radius 1 is 0.327 bits per heavy atom. The lowest BCUT2D eigenvalue weighted by molar-refractivity contribution is -0.161. The van der Waals surface area contributed by atoms with Gasteiger partial charge in [0.1, 0.15) is 24.4 Å². The molecule has 5 rings (SSSR count). The monoisotopic (exact) mass is 736 g/mol. The van der Waals surface area contributed by atoms with Gasteiger partial charge >= 0.3 is 23.9 Å². The van der Waals surface area contributed by atoms with Crippen molar-refractivity contribution in [2.24, 2.45) is 23.7 Å². The van der Waals surface area contributed by atoms with Crippen molar-refractivity contribution in [1.82, 2.24) is 0 Å². The van der Waals surface area contributed by atoms with E-state index in [1.54, 1.807) is 0 Å². The van der Waals surface area contributed by atoms with E-state index in [-0.39, 0.29) is 97.1 Å². The fraction of sp³-hybridized carbons (Fsp3) is 0.900. The van der Waals surface area contributed by atoms with Crippen molar-refractivity contribution in [3.63, 3.8) is 0 Å². The second-order valence-electron chi connectivity index (χ2n) is 16.6. The maximum atomic E-state index is 13.1. The molecule has 296 valence electrons. The van der Waals surface area contributed by atoms with Crippen LogP contribution in [0.2, 0.25) is 0 Å². The van der Waals surface area contributed by atoms with E-state index >= 15 is 0 Å². The van der Waals surface area contributed by atoms with Crippen molar-refractivity contribution in [1.29, 1.82) is 0 Å². The molecule has 0 saturated carbocycles. The van der Waals surface area contributed by atoms with Gasteiger partial charge in [0.05, 0.1) is 72.5 Å². The highest BCUT2D eigenvalue weighted by atomic mass is 16.6. The van der Waals surface area contributed by atoms with Gasteiger partial charge in [0.2, 0.25) is 0 Å². The molecule has 0 aliphatic carbocycles. The van der Waals surface area contributed by atoms with Crippen LogP contribution in [0, 0.1) is 23.7 Å². The lowest BCUT2D eigenvalue weighted by atomic mass is 10.00. The SMILES string of the molecule is C[C@@H]1C[C@@H]2CC[C@H](O2)[C@@H](C)C(=O)O[C@@H](C)C[C@@H]2CC[C@H](O2)[C@H](C)C(=O)O[C@@H](C)C[C@@H]2CC[C@@H](O2)[C@@H](C)C(=O)O[C@@H](C)C[C@H]2CC[C@@H](O2)[C@H](C)C(=O)O1. The van der Waals surface area contributed by atoms with Crippen LogP contribution >= 0.6 is 0 Å². The molecule has 12 heteroatoms. The molecule has 0 aromatic carbocycles. The Morgan fingerprint density at radius 3 is 0.712 bits per heavy atom. The third kappa shape index (κ3) is 10.9. The normalized spacial score (nSPS) is 45.2. The first-order valence-corrected chi connectivity index (χ1v) is 20.1. The minimum atomic E-state index is -0.434. The third-order valence-electron chi connectivity index (χ3n) is 11.9. The number of fused-ring (bicyclic) bond motifs is 8. The Hall–Kier alpha value is -2.28. The first kappa shape index (κ1) is 40.9. The molecule has 0 spiro atoms. The van der Waals surface area contributed by atoms with Gasteiger partial charge in [-0.05, 0) is 107 Å². The minimum Gasteiger partial charge on any atom is -0.462 e. The Morgan fingerprint density at radius 2 is 0.519 bits per heavy atom. The number of carbonyl (C=O) groups excluding carboxylic acids is 4. The molecule has 5 heterocycles. The van der Waals surface area contributed by atoms with Crippen LogP contribution in [0.5, 0.6) is 0 Å². The van der Waals surface area contributed by atoms with Crippen LogP contribution in [-0.4, -0.2) is 97.1 Å². The van der Waals surface area contributed by atoms with Gasteiger partial charge in [0.25, 0.3) is 0 Å². The quantitative estimate of drug-likeness (QED) is 0.212. The average Bonchev–Trinajstić information content (AvgIpc) is 3.91. The summed E-state index contributed by atoms with van der Waals surface area (Å²) < 4.78 is 48.4. The van der Waals surface area contributed by atoms with E-state index in [4.69, 9.17) is 37.9 Å². The summed E-state index contributed by atoms with van der Waals surface area (Å²) >= 11 is 0. The van der Waals surface area contributed by atoms with Gasteiger partial charge in [-0.1, -0.05) is 0 Å². The highest BCUT2D eigenvalue weighted by Crippen LogP contribution is 2.34. The third-order valence-corrected chi connectivity index (χ3v) is 11.9. The van der Waals surface area contributed by atoms with Gasteiger partial charge < -0.3 is 37.9 Å². The van der Waals surface area contributed by atoms with Crippen LogP contribution in [0.4, 0.5) is 0 Å². The molecular weight excluding hydrogens is 672 g/mol. The number of ether oxygens (including phenoxy) is 8. The predicted octanol–water partition coefficient (Wildman–Crippen LogP) is 6.02. The second kappa shape index (κ2) is 18.4. The molecule has 5 aliphatic heterocycles. The molecule has 0 aromatic rings. The van der Waals surface area contributed by atoms with Gasteiger partial charge in [0.15, 0.2) is 0 Å². The Balaban J connectivity index is 1.19. The molecule has 0 amide bonds. The van der Waals surface area contributed by atoms with Crippen molar-refractivity contribution in [3.05, 3.63) is 0 Å². The minimum absolute atomic E-state index is 0.119. The lowest BCUT2D eigenvalue weighted by Crippen LogP contribution is -2.34. The molecule has 0 N–H and O–H groups in total. The Kier molecular flexibility index (Phi) is 14.4. The predicted molar refractivity (Wildman–Crippen MR) is 189 cm³/mol. The van der Waals surface area contributed by atoms with Crippen LogP contribution in [0.15, 0.2) is 0 Å². The maximum Gasteiger partial charge on any atom is 0.311 e. The zero-order valence-electron chi connectivity index (χ0n) is 32.6. The van der Waals surface area contributed by atoms with Crippen LogP contribution in [0.25, 0.3) is 0 Å². The molecule has 12 nitrogen and oxygen atoms in total. The van der Waals surface area contributed by atoms with E-state index in [9.17, 15) is 19.2 Å². The zero-order chi connectivity index (χ0) is 37.7. The first-order valence-electron chi connectivity index (χ1n) is 20.1. The van der Waals surface area contributed by atoms with Crippen molar-refractivity contribution < 1.29 is 57.1 Å². The van der Waals surface area contributed by atoms with Crippen molar-refractivity contribution in [2.75, 3.05) is 0 Å². The fourth-order valence-electron chi connectivity index (χ4n) is 8.60. The molecule has 8 bridgehead atoms. The highest BCUT2D eigenvalue weighted by Gasteiger charge is 2.41. The van der Waals surface area contributed by atoms with Crippen LogP contribution in [0.1, 0.15) is 132 Å². The molecular formula is C40H64O12. The van der Waals surface area contributed by atoms with Crippen LogP contribution < -0.4 is 0 Å². The van der Waals surface area contributed by atoms with E-state index < -0.39 is 23.7 Å². The van der Waals surface area contributed by atoms with Crippen molar-refractivity contribution in [3.8, 4) is 0 Å². The summed E-state index contributed by atoms with van der Waals surface area (Å²) in [4.78, 5) is 52.4. The fourth-order valence-corrected chi connectivity index (χ4v) is 8.60. The van der Waals surface area contributed by atoms with E-state index in [0.29, 0.717) is 25.7 Å². The molecule has 52 heavy (non-hydrogen) atoms. The van der Waals surface area contributed by atoms with E-state index in [0.717, 1.165) is 51.4 Å². The number of rotatable bonds is 0. The highest BCUT2D eigenvalue weighted by molar-refractivity contribution is 5.74.